The minimum absolute atomic E-state index is 0.425. The van der Waals surface area contributed by atoms with Crippen molar-refractivity contribution in [3.05, 3.63) is 53.2 Å². The summed E-state index contributed by atoms with van der Waals surface area (Å²) in [6.07, 6.45) is 0. The molecule has 4 nitrogen and oxygen atoms in total. The topological polar surface area (TPSA) is 57.4 Å². The minimum Gasteiger partial charge on any atom is -0.490 e. The van der Waals surface area contributed by atoms with E-state index in [1.54, 1.807) is 0 Å². The molecule has 0 saturated heterocycles. The van der Waals surface area contributed by atoms with Gasteiger partial charge in [0.25, 0.3) is 0 Å². The summed E-state index contributed by atoms with van der Waals surface area (Å²) in [4.78, 5) is 4.39. The second-order valence-electron chi connectivity index (χ2n) is 4.58. The van der Waals surface area contributed by atoms with E-state index in [2.05, 4.69) is 4.98 Å². The van der Waals surface area contributed by atoms with Crippen LogP contribution in [0.2, 0.25) is 0 Å². The molecule has 0 radical (unpaired) electrons. The van der Waals surface area contributed by atoms with Crippen LogP contribution in [0, 0.1) is 13.8 Å². The summed E-state index contributed by atoms with van der Waals surface area (Å²) in [5, 5.41) is 0. The van der Waals surface area contributed by atoms with Crippen LogP contribution in [0.15, 0.2) is 36.4 Å². The number of aromatic nitrogens is 1. The Balaban J connectivity index is 1.91. The van der Waals surface area contributed by atoms with E-state index in [1.807, 2.05) is 50.2 Å². The van der Waals surface area contributed by atoms with Crippen molar-refractivity contribution in [2.45, 2.75) is 20.4 Å². The average Bonchev–Trinajstić information content (AvgIpc) is 2.44. The lowest BCUT2D eigenvalue weighted by Gasteiger charge is -2.13. The Morgan fingerprint density at radius 2 is 1.75 bits per heavy atom. The molecular formula is C16H20N2O2. The number of rotatable bonds is 6. The van der Waals surface area contributed by atoms with Gasteiger partial charge in [-0.05, 0) is 37.6 Å². The zero-order chi connectivity index (χ0) is 14.4. The fourth-order valence-electron chi connectivity index (χ4n) is 2.01. The number of nitrogens with two attached hydrogens (primary N) is 1. The summed E-state index contributed by atoms with van der Waals surface area (Å²) < 4.78 is 11.3. The van der Waals surface area contributed by atoms with Crippen LogP contribution in [0.25, 0.3) is 0 Å². The molecule has 1 heterocycles. The first-order valence-corrected chi connectivity index (χ1v) is 6.68. The van der Waals surface area contributed by atoms with Crippen LogP contribution in [0.3, 0.4) is 0 Å². The van der Waals surface area contributed by atoms with Crippen molar-refractivity contribution in [2.75, 3.05) is 13.2 Å². The van der Waals surface area contributed by atoms with E-state index in [4.69, 9.17) is 15.2 Å². The van der Waals surface area contributed by atoms with Crippen molar-refractivity contribution in [1.29, 1.82) is 0 Å². The summed E-state index contributed by atoms with van der Waals surface area (Å²) in [7, 11) is 0. The lowest BCUT2D eigenvalue weighted by Crippen LogP contribution is -2.13. The maximum Gasteiger partial charge on any atom is 0.218 e. The lowest BCUT2D eigenvalue weighted by molar-refractivity contribution is 0.210. The van der Waals surface area contributed by atoms with Gasteiger partial charge in [-0.3, -0.25) is 0 Å². The van der Waals surface area contributed by atoms with E-state index < -0.39 is 0 Å². The van der Waals surface area contributed by atoms with Gasteiger partial charge in [0.15, 0.2) is 0 Å². The molecule has 2 N–H and O–H groups in total. The van der Waals surface area contributed by atoms with Crippen LogP contribution in [0.5, 0.6) is 11.6 Å². The Hall–Kier alpha value is -2.07. The first kappa shape index (κ1) is 14.3. The normalized spacial score (nSPS) is 10.3. The molecule has 0 atom stereocenters. The molecule has 4 heteroatoms. The second kappa shape index (κ2) is 6.91. The molecular weight excluding hydrogens is 252 g/mol. The fourth-order valence-corrected chi connectivity index (χ4v) is 2.01. The third-order valence-corrected chi connectivity index (χ3v) is 2.98. The highest BCUT2D eigenvalue weighted by Crippen LogP contribution is 2.20. The SMILES string of the molecule is Cc1cc(C)c(CN)c(OCCOc2ccccc2)n1. The van der Waals surface area contributed by atoms with Gasteiger partial charge in [-0.15, -0.1) is 0 Å². The molecule has 0 fully saturated rings. The van der Waals surface area contributed by atoms with Crippen LogP contribution >= 0.6 is 0 Å². The number of pyridine rings is 1. The summed E-state index contributed by atoms with van der Waals surface area (Å²) in [6.45, 7) is 5.30. The molecule has 0 saturated carbocycles. The number of benzene rings is 1. The predicted octanol–water partition coefficient (Wildman–Crippen LogP) is 2.61. The van der Waals surface area contributed by atoms with Gasteiger partial charge < -0.3 is 15.2 Å². The number of hydrogen-bond donors (Lipinski definition) is 1. The molecule has 0 spiro atoms. The number of nitrogens with zero attached hydrogens (tertiary/aromatic N) is 1. The maximum absolute atomic E-state index is 5.75. The monoisotopic (exact) mass is 272 g/mol. The van der Waals surface area contributed by atoms with Gasteiger partial charge in [0.1, 0.15) is 19.0 Å². The van der Waals surface area contributed by atoms with Crippen LogP contribution < -0.4 is 15.2 Å². The van der Waals surface area contributed by atoms with Crippen LogP contribution in [-0.2, 0) is 6.54 Å². The Labute approximate surface area is 119 Å². The lowest BCUT2D eigenvalue weighted by atomic mass is 10.1. The quantitative estimate of drug-likeness (QED) is 0.821. The summed E-state index contributed by atoms with van der Waals surface area (Å²) >= 11 is 0. The second-order valence-corrected chi connectivity index (χ2v) is 4.58. The van der Waals surface area contributed by atoms with Crippen LogP contribution in [-0.4, -0.2) is 18.2 Å². The zero-order valence-electron chi connectivity index (χ0n) is 11.9. The molecule has 0 aliphatic heterocycles. The van der Waals surface area contributed by atoms with Gasteiger partial charge in [0, 0.05) is 17.8 Å². The van der Waals surface area contributed by atoms with Gasteiger partial charge in [-0.25, -0.2) is 4.98 Å². The summed E-state index contributed by atoms with van der Waals surface area (Å²) in [5.74, 6) is 1.45. The molecule has 0 aliphatic carbocycles. The Morgan fingerprint density at radius 1 is 1.05 bits per heavy atom. The number of hydrogen-bond acceptors (Lipinski definition) is 4. The van der Waals surface area contributed by atoms with E-state index in [0.717, 1.165) is 22.6 Å². The van der Waals surface area contributed by atoms with Gasteiger partial charge >= 0.3 is 0 Å². The minimum atomic E-state index is 0.425. The molecule has 20 heavy (non-hydrogen) atoms. The molecule has 106 valence electrons. The first-order chi connectivity index (χ1) is 9.70. The molecule has 0 unspecified atom stereocenters. The van der Waals surface area contributed by atoms with Crippen molar-refractivity contribution in [3.8, 4) is 11.6 Å². The van der Waals surface area contributed by atoms with E-state index in [0.29, 0.717) is 25.6 Å². The smallest absolute Gasteiger partial charge is 0.218 e. The fraction of sp³-hybridized carbons (Fsp3) is 0.312. The number of para-hydroxylation sites is 1. The van der Waals surface area contributed by atoms with Gasteiger partial charge in [0.2, 0.25) is 5.88 Å². The molecule has 1 aromatic carbocycles. The number of ether oxygens (including phenoxy) is 2. The summed E-state index contributed by atoms with van der Waals surface area (Å²) in [5.41, 5.74) is 8.74. The Bertz CT molecular complexity index is 556. The molecule has 0 amide bonds. The van der Waals surface area contributed by atoms with Crippen molar-refractivity contribution in [3.63, 3.8) is 0 Å². The van der Waals surface area contributed by atoms with E-state index in [1.165, 1.54) is 0 Å². The van der Waals surface area contributed by atoms with E-state index in [-0.39, 0.29) is 0 Å². The summed E-state index contributed by atoms with van der Waals surface area (Å²) in [6, 6.07) is 11.7. The third-order valence-electron chi connectivity index (χ3n) is 2.98. The highest BCUT2D eigenvalue weighted by molar-refractivity contribution is 5.35. The van der Waals surface area contributed by atoms with Crippen LogP contribution in [0.4, 0.5) is 0 Å². The van der Waals surface area contributed by atoms with Gasteiger partial charge in [0.05, 0.1) is 0 Å². The van der Waals surface area contributed by atoms with Crippen molar-refractivity contribution >= 4 is 0 Å². The van der Waals surface area contributed by atoms with Gasteiger partial charge in [-0.2, -0.15) is 0 Å². The van der Waals surface area contributed by atoms with Gasteiger partial charge in [-0.1, -0.05) is 18.2 Å². The average molecular weight is 272 g/mol. The first-order valence-electron chi connectivity index (χ1n) is 6.68. The van der Waals surface area contributed by atoms with E-state index >= 15 is 0 Å². The standard InChI is InChI=1S/C16H20N2O2/c1-12-10-13(2)18-16(15(12)11-17)20-9-8-19-14-6-4-3-5-7-14/h3-7,10H,8-9,11,17H2,1-2H3. The largest absolute Gasteiger partial charge is 0.490 e. The molecule has 0 aliphatic rings. The molecule has 0 bridgehead atoms. The number of aryl methyl sites for hydroxylation is 2. The van der Waals surface area contributed by atoms with Crippen molar-refractivity contribution in [2.24, 2.45) is 5.73 Å². The van der Waals surface area contributed by atoms with Crippen molar-refractivity contribution in [1.82, 2.24) is 4.98 Å². The van der Waals surface area contributed by atoms with Crippen LogP contribution in [0.1, 0.15) is 16.8 Å². The maximum atomic E-state index is 5.75. The predicted molar refractivity (Wildman–Crippen MR) is 79.0 cm³/mol. The molecule has 2 rings (SSSR count). The van der Waals surface area contributed by atoms with Crippen molar-refractivity contribution < 1.29 is 9.47 Å². The molecule has 1 aromatic heterocycles. The zero-order valence-corrected chi connectivity index (χ0v) is 11.9. The highest BCUT2D eigenvalue weighted by atomic mass is 16.5. The Kier molecular flexibility index (Phi) is 4.96. The van der Waals surface area contributed by atoms with E-state index in [9.17, 15) is 0 Å². The molecule has 2 aromatic rings. The highest BCUT2D eigenvalue weighted by Gasteiger charge is 2.08. The Morgan fingerprint density at radius 3 is 2.45 bits per heavy atom. The third kappa shape index (κ3) is 3.71.